The number of nitrogens with zero attached hydrogens (tertiary/aromatic N) is 2. The molecule has 0 saturated carbocycles. The molecule has 0 bridgehead atoms. The molecule has 3 heteroatoms. The molecule has 0 amide bonds. The van der Waals surface area contributed by atoms with Gasteiger partial charge in [-0.2, -0.15) is 4.39 Å². The SMILES string of the molecule is C=C(C)c1cn(C)nc1F. The first-order valence-electron chi connectivity index (χ1n) is 2.96. The van der Waals surface area contributed by atoms with Gasteiger partial charge < -0.3 is 0 Å². The highest BCUT2D eigenvalue weighted by Crippen LogP contribution is 2.12. The molecule has 0 aliphatic heterocycles. The van der Waals surface area contributed by atoms with Gasteiger partial charge in [-0.05, 0) is 12.5 Å². The fraction of sp³-hybridized carbons (Fsp3) is 0.286. The van der Waals surface area contributed by atoms with Crippen molar-refractivity contribution in [3.8, 4) is 0 Å². The maximum atomic E-state index is 12.7. The summed E-state index contributed by atoms with van der Waals surface area (Å²) in [6.45, 7) is 5.36. The Labute approximate surface area is 59.0 Å². The highest BCUT2D eigenvalue weighted by atomic mass is 19.1. The van der Waals surface area contributed by atoms with Gasteiger partial charge in [0.2, 0.25) is 5.95 Å². The van der Waals surface area contributed by atoms with E-state index in [-0.39, 0.29) is 0 Å². The van der Waals surface area contributed by atoms with Crippen molar-refractivity contribution in [1.29, 1.82) is 0 Å². The van der Waals surface area contributed by atoms with Gasteiger partial charge in [-0.15, -0.1) is 5.10 Å². The minimum Gasteiger partial charge on any atom is -0.272 e. The molecule has 0 aliphatic rings. The number of hydrogen-bond acceptors (Lipinski definition) is 1. The van der Waals surface area contributed by atoms with E-state index in [1.54, 1.807) is 20.2 Å². The van der Waals surface area contributed by atoms with Crippen LogP contribution >= 0.6 is 0 Å². The fourth-order valence-electron chi connectivity index (χ4n) is 0.748. The summed E-state index contributed by atoms with van der Waals surface area (Å²) in [6, 6.07) is 0. The fourth-order valence-corrected chi connectivity index (χ4v) is 0.748. The van der Waals surface area contributed by atoms with Crippen LogP contribution < -0.4 is 0 Å². The molecule has 10 heavy (non-hydrogen) atoms. The summed E-state index contributed by atoms with van der Waals surface area (Å²) in [4.78, 5) is 0. The van der Waals surface area contributed by atoms with Gasteiger partial charge in [0.1, 0.15) is 0 Å². The lowest BCUT2D eigenvalue weighted by Crippen LogP contribution is -1.86. The number of aryl methyl sites for hydroxylation is 1. The number of allylic oxidation sites excluding steroid dienone is 1. The number of halogens is 1. The largest absolute Gasteiger partial charge is 0.272 e. The monoisotopic (exact) mass is 140 g/mol. The highest BCUT2D eigenvalue weighted by Gasteiger charge is 2.05. The smallest absolute Gasteiger partial charge is 0.240 e. The van der Waals surface area contributed by atoms with E-state index in [1.807, 2.05) is 0 Å². The second-order valence-electron chi connectivity index (χ2n) is 2.29. The van der Waals surface area contributed by atoms with Crippen LogP contribution in [-0.2, 0) is 7.05 Å². The first kappa shape index (κ1) is 6.99. The molecular formula is C7H9FN2. The van der Waals surface area contributed by atoms with Gasteiger partial charge in [0.15, 0.2) is 0 Å². The third-order valence-electron chi connectivity index (χ3n) is 1.24. The summed E-state index contributed by atoms with van der Waals surface area (Å²) in [5.74, 6) is -0.449. The van der Waals surface area contributed by atoms with Gasteiger partial charge in [0.05, 0.1) is 5.56 Å². The Bertz CT molecular complexity index is 263. The zero-order valence-electron chi connectivity index (χ0n) is 6.06. The van der Waals surface area contributed by atoms with Gasteiger partial charge in [0, 0.05) is 13.2 Å². The zero-order chi connectivity index (χ0) is 7.72. The molecule has 1 rings (SSSR count). The van der Waals surface area contributed by atoms with E-state index >= 15 is 0 Å². The van der Waals surface area contributed by atoms with Gasteiger partial charge in [0.25, 0.3) is 0 Å². The van der Waals surface area contributed by atoms with E-state index in [0.717, 1.165) is 0 Å². The molecule has 0 unspecified atom stereocenters. The molecule has 0 aliphatic carbocycles. The van der Waals surface area contributed by atoms with Crippen molar-refractivity contribution < 1.29 is 4.39 Å². The average Bonchev–Trinajstić information content (AvgIpc) is 2.10. The lowest BCUT2D eigenvalue weighted by Gasteiger charge is -1.88. The van der Waals surface area contributed by atoms with Crippen molar-refractivity contribution >= 4 is 5.57 Å². The molecule has 0 atom stereocenters. The zero-order valence-corrected chi connectivity index (χ0v) is 6.06. The van der Waals surface area contributed by atoms with Crippen molar-refractivity contribution in [3.05, 3.63) is 24.3 Å². The second-order valence-corrected chi connectivity index (χ2v) is 2.29. The summed E-state index contributed by atoms with van der Waals surface area (Å²) in [6.07, 6.45) is 1.61. The molecule has 0 spiro atoms. The van der Waals surface area contributed by atoms with Gasteiger partial charge in [-0.25, -0.2) is 0 Å². The van der Waals surface area contributed by atoms with Crippen LogP contribution in [0.4, 0.5) is 4.39 Å². The third-order valence-corrected chi connectivity index (χ3v) is 1.24. The summed E-state index contributed by atoms with van der Waals surface area (Å²) in [7, 11) is 1.68. The van der Waals surface area contributed by atoms with E-state index in [0.29, 0.717) is 11.1 Å². The molecule has 0 radical (unpaired) electrons. The molecule has 0 aromatic carbocycles. The molecule has 2 nitrogen and oxygen atoms in total. The molecule has 1 heterocycles. The van der Waals surface area contributed by atoms with Crippen molar-refractivity contribution in [1.82, 2.24) is 9.78 Å². The quantitative estimate of drug-likeness (QED) is 0.579. The molecule has 0 fully saturated rings. The molecule has 0 saturated heterocycles. The van der Waals surface area contributed by atoms with Crippen molar-refractivity contribution in [3.63, 3.8) is 0 Å². The average molecular weight is 140 g/mol. The normalized spacial score (nSPS) is 9.90. The summed E-state index contributed by atoms with van der Waals surface area (Å²) in [5, 5.41) is 3.52. The summed E-state index contributed by atoms with van der Waals surface area (Å²) in [5.41, 5.74) is 1.19. The van der Waals surface area contributed by atoms with Crippen molar-refractivity contribution in [2.45, 2.75) is 6.92 Å². The Morgan fingerprint density at radius 3 is 2.60 bits per heavy atom. The molecular weight excluding hydrogens is 131 g/mol. The first-order valence-corrected chi connectivity index (χ1v) is 2.96. The Balaban J connectivity index is 3.15. The standard InChI is InChI=1S/C7H9FN2/c1-5(2)6-4-10(3)9-7(6)8/h4H,1H2,2-3H3. The lowest BCUT2D eigenvalue weighted by molar-refractivity contribution is 0.551. The number of hydrogen-bond donors (Lipinski definition) is 0. The van der Waals surface area contributed by atoms with E-state index < -0.39 is 5.95 Å². The van der Waals surface area contributed by atoms with Crippen LogP contribution in [0.5, 0.6) is 0 Å². The molecule has 1 aromatic rings. The van der Waals surface area contributed by atoms with Crippen LogP contribution in [0.15, 0.2) is 12.8 Å². The Morgan fingerprint density at radius 1 is 1.80 bits per heavy atom. The molecule has 1 aromatic heterocycles. The third kappa shape index (κ3) is 1.07. The van der Waals surface area contributed by atoms with Gasteiger partial charge in [-0.1, -0.05) is 6.58 Å². The van der Waals surface area contributed by atoms with Crippen molar-refractivity contribution in [2.24, 2.45) is 7.05 Å². The second kappa shape index (κ2) is 2.25. The maximum absolute atomic E-state index is 12.7. The predicted octanol–water partition coefficient (Wildman–Crippen LogP) is 1.59. The van der Waals surface area contributed by atoms with E-state index in [4.69, 9.17) is 0 Å². The van der Waals surface area contributed by atoms with Crippen LogP contribution in [0.25, 0.3) is 5.57 Å². The number of aromatic nitrogens is 2. The van der Waals surface area contributed by atoms with Gasteiger partial charge in [-0.3, -0.25) is 4.68 Å². The molecule has 54 valence electrons. The summed E-state index contributed by atoms with van der Waals surface area (Å²) >= 11 is 0. The van der Waals surface area contributed by atoms with Crippen LogP contribution in [0, 0.1) is 5.95 Å². The van der Waals surface area contributed by atoms with Crippen LogP contribution in [-0.4, -0.2) is 9.78 Å². The van der Waals surface area contributed by atoms with Crippen molar-refractivity contribution in [2.75, 3.05) is 0 Å². The Morgan fingerprint density at radius 2 is 2.40 bits per heavy atom. The minimum absolute atomic E-state index is 0.449. The van der Waals surface area contributed by atoms with E-state index in [2.05, 4.69) is 11.7 Å². The van der Waals surface area contributed by atoms with Crippen LogP contribution in [0.2, 0.25) is 0 Å². The molecule has 0 N–H and O–H groups in total. The lowest BCUT2D eigenvalue weighted by atomic mass is 10.2. The summed E-state index contributed by atoms with van der Waals surface area (Å²) < 4.78 is 14.1. The highest BCUT2D eigenvalue weighted by molar-refractivity contribution is 5.60. The van der Waals surface area contributed by atoms with Crippen LogP contribution in [0.1, 0.15) is 12.5 Å². The Kier molecular flexibility index (Phi) is 1.57. The van der Waals surface area contributed by atoms with E-state index in [1.165, 1.54) is 4.68 Å². The van der Waals surface area contributed by atoms with Crippen LogP contribution in [0.3, 0.4) is 0 Å². The number of rotatable bonds is 1. The van der Waals surface area contributed by atoms with Gasteiger partial charge >= 0.3 is 0 Å². The maximum Gasteiger partial charge on any atom is 0.240 e. The Hall–Kier alpha value is -1.12. The first-order chi connectivity index (χ1) is 4.61. The topological polar surface area (TPSA) is 17.8 Å². The van der Waals surface area contributed by atoms with E-state index in [9.17, 15) is 4.39 Å². The predicted molar refractivity (Wildman–Crippen MR) is 37.9 cm³/mol. The minimum atomic E-state index is -0.449.